The van der Waals surface area contributed by atoms with Gasteiger partial charge in [0.1, 0.15) is 5.01 Å². The van der Waals surface area contributed by atoms with Crippen LogP contribution in [0.3, 0.4) is 0 Å². The van der Waals surface area contributed by atoms with Gasteiger partial charge in [-0.15, -0.1) is 11.3 Å². The van der Waals surface area contributed by atoms with E-state index in [1.165, 1.54) is 13.3 Å². The Morgan fingerprint density at radius 1 is 1.50 bits per heavy atom. The van der Waals surface area contributed by atoms with Crippen LogP contribution in [0.25, 0.3) is 0 Å². The summed E-state index contributed by atoms with van der Waals surface area (Å²) in [4.78, 5) is 22.6. The van der Waals surface area contributed by atoms with Gasteiger partial charge in [-0.25, -0.2) is 4.98 Å². The van der Waals surface area contributed by atoms with E-state index in [-0.39, 0.29) is 5.91 Å². The van der Waals surface area contributed by atoms with E-state index in [1.54, 1.807) is 11.3 Å². The monoisotopic (exact) mass is 316 g/mol. The number of hydrogen-bond donors (Lipinski definition) is 1. The summed E-state index contributed by atoms with van der Waals surface area (Å²) in [6.07, 6.45) is 4.17. The van der Waals surface area contributed by atoms with Crippen LogP contribution in [0.2, 0.25) is 0 Å². The molecule has 0 saturated carbocycles. The summed E-state index contributed by atoms with van der Waals surface area (Å²) >= 11 is 1.70. The van der Waals surface area contributed by atoms with Gasteiger partial charge in [-0.05, 0) is 31.5 Å². The molecule has 1 atom stereocenters. The fourth-order valence-corrected chi connectivity index (χ4v) is 3.49. The lowest BCUT2D eigenvalue weighted by Crippen LogP contribution is -2.24. The first kappa shape index (κ1) is 15.1. The molecule has 0 aliphatic carbocycles. The van der Waals surface area contributed by atoms with Gasteiger partial charge in [0.05, 0.1) is 30.5 Å². The molecule has 22 heavy (non-hydrogen) atoms. The lowest BCUT2D eigenvalue weighted by Gasteiger charge is -2.23. The number of nitrogens with zero attached hydrogens (tertiary/aromatic N) is 3. The Morgan fingerprint density at radius 3 is 3.18 bits per heavy atom. The Hall–Kier alpha value is -1.79. The predicted octanol–water partition coefficient (Wildman–Crippen LogP) is 2.51. The Morgan fingerprint density at radius 2 is 2.41 bits per heavy atom. The number of aromatic nitrogens is 2. The van der Waals surface area contributed by atoms with E-state index in [0.717, 1.165) is 35.9 Å². The van der Waals surface area contributed by atoms with Crippen molar-refractivity contribution in [1.29, 1.82) is 0 Å². The second-order valence-corrected chi connectivity index (χ2v) is 6.50. The molecule has 0 spiro atoms. The average Bonchev–Trinajstić information content (AvgIpc) is 3.18. The summed E-state index contributed by atoms with van der Waals surface area (Å²) in [6.45, 7) is 3.99. The highest BCUT2D eigenvalue weighted by atomic mass is 32.1. The van der Waals surface area contributed by atoms with Crippen LogP contribution in [-0.2, 0) is 17.9 Å². The first-order valence-electron chi connectivity index (χ1n) is 7.55. The van der Waals surface area contributed by atoms with Crippen molar-refractivity contribution in [1.82, 2.24) is 20.2 Å². The van der Waals surface area contributed by atoms with Crippen LogP contribution < -0.4 is 5.32 Å². The SMILES string of the molecule is CC(=O)NCc1cccc([C@H]2CCCN2Cc2nccs2)n1. The molecule has 1 amide bonds. The number of hydrogen-bond acceptors (Lipinski definition) is 5. The van der Waals surface area contributed by atoms with Crippen LogP contribution in [0, 0.1) is 0 Å². The van der Waals surface area contributed by atoms with Gasteiger partial charge in [-0.1, -0.05) is 6.07 Å². The van der Waals surface area contributed by atoms with Gasteiger partial charge in [0, 0.05) is 18.5 Å². The molecule has 3 heterocycles. The molecule has 2 aromatic rings. The minimum absolute atomic E-state index is 0.0292. The lowest BCUT2D eigenvalue weighted by atomic mass is 10.1. The van der Waals surface area contributed by atoms with E-state index in [2.05, 4.69) is 21.3 Å². The van der Waals surface area contributed by atoms with Crippen LogP contribution in [0.15, 0.2) is 29.8 Å². The number of carbonyl (C=O) groups is 1. The van der Waals surface area contributed by atoms with E-state index in [0.29, 0.717) is 12.6 Å². The topological polar surface area (TPSA) is 58.1 Å². The number of nitrogens with one attached hydrogen (secondary N) is 1. The first-order valence-corrected chi connectivity index (χ1v) is 8.43. The van der Waals surface area contributed by atoms with Crippen LogP contribution in [0.1, 0.15) is 42.2 Å². The third kappa shape index (κ3) is 3.69. The number of thiazole rings is 1. The maximum Gasteiger partial charge on any atom is 0.217 e. The Balaban J connectivity index is 1.71. The minimum atomic E-state index is -0.0292. The molecule has 1 aliphatic heterocycles. The normalized spacial score (nSPS) is 18.5. The maximum atomic E-state index is 11.0. The van der Waals surface area contributed by atoms with Crippen molar-refractivity contribution in [3.63, 3.8) is 0 Å². The van der Waals surface area contributed by atoms with Crippen LogP contribution in [0.4, 0.5) is 0 Å². The number of carbonyl (C=O) groups excluding carboxylic acids is 1. The van der Waals surface area contributed by atoms with Crippen molar-refractivity contribution in [3.05, 3.63) is 46.2 Å². The van der Waals surface area contributed by atoms with Crippen LogP contribution in [0.5, 0.6) is 0 Å². The zero-order chi connectivity index (χ0) is 15.4. The molecule has 1 saturated heterocycles. The molecule has 6 heteroatoms. The van der Waals surface area contributed by atoms with Crippen LogP contribution >= 0.6 is 11.3 Å². The zero-order valence-corrected chi connectivity index (χ0v) is 13.5. The molecule has 5 nitrogen and oxygen atoms in total. The van der Waals surface area contributed by atoms with E-state index < -0.39 is 0 Å². The summed E-state index contributed by atoms with van der Waals surface area (Å²) in [5.41, 5.74) is 2.01. The lowest BCUT2D eigenvalue weighted by molar-refractivity contribution is -0.119. The average molecular weight is 316 g/mol. The van der Waals surface area contributed by atoms with E-state index in [9.17, 15) is 4.79 Å². The van der Waals surface area contributed by atoms with Crippen molar-refractivity contribution in [2.24, 2.45) is 0 Å². The number of pyridine rings is 1. The number of rotatable bonds is 5. The highest BCUT2D eigenvalue weighted by Crippen LogP contribution is 2.32. The standard InChI is InChI=1S/C16H20N4OS/c1-12(21)18-10-13-4-2-5-14(19-13)15-6-3-8-20(15)11-16-17-7-9-22-16/h2,4-5,7,9,15H,3,6,8,10-11H2,1H3,(H,18,21)/t15-/m1/s1. The van der Waals surface area contributed by atoms with E-state index in [4.69, 9.17) is 4.98 Å². The molecule has 2 aromatic heterocycles. The minimum Gasteiger partial charge on any atom is -0.351 e. The molecule has 1 N–H and O–H groups in total. The quantitative estimate of drug-likeness (QED) is 0.921. The second kappa shape index (κ2) is 6.98. The molecule has 0 aromatic carbocycles. The fraction of sp³-hybridized carbons (Fsp3) is 0.438. The highest BCUT2D eigenvalue weighted by Gasteiger charge is 2.27. The van der Waals surface area contributed by atoms with Gasteiger partial charge in [0.25, 0.3) is 0 Å². The van der Waals surface area contributed by atoms with Gasteiger partial charge in [0.15, 0.2) is 0 Å². The van der Waals surface area contributed by atoms with Gasteiger partial charge in [-0.3, -0.25) is 14.7 Å². The fourth-order valence-electron chi connectivity index (χ4n) is 2.85. The summed E-state index contributed by atoms with van der Waals surface area (Å²) < 4.78 is 0. The largest absolute Gasteiger partial charge is 0.351 e. The molecule has 0 radical (unpaired) electrons. The maximum absolute atomic E-state index is 11.0. The highest BCUT2D eigenvalue weighted by molar-refractivity contribution is 7.09. The molecule has 116 valence electrons. The van der Waals surface area contributed by atoms with E-state index in [1.807, 2.05) is 23.7 Å². The van der Waals surface area contributed by atoms with Gasteiger partial charge in [-0.2, -0.15) is 0 Å². The summed E-state index contributed by atoms with van der Waals surface area (Å²) in [6, 6.07) is 6.42. The van der Waals surface area contributed by atoms with Gasteiger partial charge >= 0.3 is 0 Å². The predicted molar refractivity (Wildman–Crippen MR) is 86.3 cm³/mol. The molecular weight excluding hydrogens is 296 g/mol. The summed E-state index contributed by atoms with van der Waals surface area (Å²) in [5, 5.41) is 5.98. The van der Waals surface area contributed by atoms with Crippen LogP contribution in [-0.4, -0.2) is 27.3 Å². The Labute approximate surface area is 134 Å². The molecule has 0 bridgehead atoms. The summed E-state index contributed by atoms with van der Waals surface area (Å²) in [5.74, 6) is -0.0292. The molecule has 0 unspecified atom stereocenters. The molecule has 1 fully saturated rings. The van der Waals surface area contributed by atoms with E-state index >= 15 is 0 Å². The van der Waals surface area contributed by atoms with Crippen molar-refractivity contribution >= 4 is 17.2 Å². The number of amides is 1. The van der Waals surface area contributed by atoms with Gasteiger partial charge < -0.3 is 5.32 Å². The smallest absolute Gasteiger partial charge is 0.217 e. The first-order chi connectivity index (χ1) is 10.7. The van der Waals surface area contributed by atoms with Crippen molar-refractivity contribution in [3.8, 4) is 0 Å². The molecule has 3 rings (SSSR count). The van der Waals surface area contributed by atoms with Crippen molar-refractivity contribution in [2.75, 3.05) is 6.54 Å². The Kier molecular flexibility index (Phi) is 4.80. The molecular formula is C16H20N4OS. The molecule has 1 aliphatic rings. The third-order valence-electron chi connectivity index (χ3n) is 3.87. The number of likely N-dealkylation sites (tertiary alicyclic amines) is 1. The zero-order valence-electron chi connectivity index (χ0n) is 12.7. The van der Waals surface area contributed by atoms with Crippen molar-refractivity contribution in [2.45, 2.75) is 38.9 Å². The van der Waals surface area contributed by atoms with Gasteiger partial charge in [0.2, 0.25) is 5.91 Å². The second-order valence-electron chi connectivity index (χ2n) is 5.52. The Bertz CT molecular complexity index is 629. The van der Waals surface area contributed by atoms with Crippen molar-refractivity contribution < 1.29 is 4.79 Å². The third-order valence-corrected chi connectivity index (χ3v) is 4.64. The summed E-state index contributed by atoms with van der Waals surface area (Å²) in [7, 11) is 0.